The minimum atomic E-state index is -0.175. The van der Waals surface area contributed by atoms with Crippen LogP contribution in [0.4, 0.5) is 0 Å². The van der Waals surface area contributed by atoms with Crippen LogP contribution in [0, 0.1) is 11.3 Å². The molecular formula is C23H35NO2. The summed E-state index contributed by atoms with van der Waals surface area (Å²) < 4.78 is 0. The Hall–Kier alpha value is -1.87. The van der Waals surface area contributed by atoms with E-state index in [1.165, 1.54) is 41.7 Å². The van der Waals surface area contributed by atoms with Crippen LogP contribution >= 0.6 is 0 Å². The molecule has 0 radical (unpaired) electrons. The van der Waals surface area contributed by atoms with Gasteiger partial charge >= 0.3 is 0 Å². The van der Waals surface area contributed by atoms with Crippen LogP contribution in [0.15, 0.2) is 58.7 Å². The molecule has 0 spiro atoms. The number of hydrogen-bond donors (Lipinski definition) is 0. The summed E-state index contributed by atoms with van der Waals surface area (Å²) in [6, 6.07) is 0. The number of carbonyl (C=O) groups is 1. The predicted octanol–water partition coefficient (Wildman–Crippen LogP) is 5.78. The molecule has 144 valence electrons. The Morgan fingerprint density at radius 1 is 1.23 bits per heavy atom. The number of rotatable bonds is 6. The van der Waals surface area contributed by atoms with Crippen LogP contribution in [0.3, 0.4) is 0 Å². The van der Waals surface area contributed by atoms with E-state index < -0.39 is 0 Å². The molecule has 0 bridgehead atoms. The van der Waals surface area contributed by atoms with Crippen LogP contribution in [0.25, 0.3) is 0 Å². The Labute approximate surface area is 159 Å². The SMILES string of the molecule is CON(C)C(=O)\C=C(C)/C=C/C=C(C)/C=C/C1=C(C)C(C)CCC1(C)C. The zero-order chi connectivity index (χ0) is 19.9. The first-order chi connectivity index (χ1) is 12.1. The van der Waals surface area contributed by atoms with Crippen molar-refractivity contribution in [1.29, 1.82) is 0 Å². The topological polar surface area (TPSA) is 29.5 Å². The number of hydroxylamine groups is 2. The molecule has 0 N–H and O–H groups in total. The lowest BCUT2D eigenvalue weighted by molar-refractivity contribution is -0.162. The Morgan fingerprint density at radius 2 is 1.88 bits per heavy atom. The van der Waals surface area contributed by atoms with Crippen molar-refractivity contribution in [3.8, 4) is 0 Å². The van der Waals surface area contributed by atoms with Crippen molar-refractivity contribution in [2.24, 2.45) is 11.3 Å². The van der Waals surface area contributed by atoms with Crippen LogP contribution in [-0.4, -0.2) is 25.1 Å². The molecule has 0 heterocycles. The Bertz CT molecular complexity index is 660. The molecule has 26 heavy (non-hydrogen) atoms. The van der Waals surface area contributed by atoms with Gasteiger partial charge in [0.2, 0.25) is 0 Å². The molecule has 3 nitrogen and oxygen atoms in total. The largest absolute Gasteiger partial charge is 0.274 e. The number of amides is 1. The van der Waals surface area contributed by atoms with Crippen molar-refractivity contribution in [3.63, 3.8) is 0 Å². The quantitative estimate of drug-likeness (QED) is 0.342. The summed E-state index contributed by atoms with van der Waals surface area (Å²) in [5.74, 6) is 0.494. The van der Waals surface area contributed by atoms with E-state index in [1.54, 1.807) is 13.1 Å². The maximum absolute atomic E-state index is 11.7. The molecule has 0 aliphatic heterocycles. The lowest BCUT2D eigenvalue weighted by atomic mass is 9.69. The molecule has 1 unspecified atom stereocenters. The Kier molecular flexibility index (Phi) is 8.29. The first kappa shape index (κ1) is 22.2. The second kappa shape index (κ2) is 9.72. The molecule has 0 fully saturated rings. The van der Waals surface area contributed by atoms with Gasteiger partial charge in [-0.3, -0.25) is 9.63 Å². The lowest BCUT2D eigenvalue weighted by Crippen LogP contribution is -2.23. The van der Waals surface area contributed by atoms with Gasteiger partial charge in [-0.1, -0.05) is 62.3 Å². The smallest absolute Gasteiger partial charge is 0.270 e. The Morgan fingerprint density at radius 3 is 2.50 bits per heavy atom. The average molecular weight is 358 g/mol. The molecule has 3 heteroatoms. The van der Waals surface area contributed by atoms with E-state index in [2.05, 4.69) is 52.8 Å². The van der Waals surface area contributed by atoms with Gasteiger partial charge in [-0.25, -0.2) is 5.06 Å². The Balaban J connectivity index is 2.82. The summed E-state index contributed by atoms with van der Waals surface area (Å²) >= 11 is 0. The molecular weight excluding hydrogens is 322 g/mol. The second-order valence-electron chi connectivity index (χ2n) is 7.93. The molecule has 0 aromatic rings. The highest BCUT2D eigenvalue weighted by atomic mass is 16.7. The number of likely N-dealkylation sites (N-methyl/N-ethyl adjacent to an activating group) is 1. The summed E-state index contributed by atoms with van der Waals surface area (Å²) in [4.78, 5) is 16.6. The van der Waals surface area contributed by atoms with Crippen LogP contribution in [0.2, 0.25) is 0 Å². The van der Waals surface area contributed by atoms with E-state index in [9.17, 15) is 4.79 Å². The lowest BCUT2D eigenvalue weighted by Gasteiger charge is -2.36. The van der Waals surface area contributed by atoms with Crippen molar-refractivity contribution in [1.82, 2.24) is 5.06 Å². The van der Waals surface area contributed by atoms with E-state index in [4.69, 9.17) is 4.84 Å². The third-order valence-corrected chi connectivity index (χ3v) is 5.26. The van der Waals surface area contributed by atoms with Gasteiger partial charge in [0.25, 0.3) is 5.91 Å². The number of nitrogens with zero attached hydrogens (tertiary/aromatic N) is 1. The highest BCUT2D eigenvalue weighted by Crippen LogP contribution is 2.43. The fourth-order valence-electron chi connectivity index (χ4n) is 3.13. The molecule has 1 atom stereocenters. The monoisotopic (exact) mass is 357 g/mol. The van der Waals surface area contributed by atoms with Crippen molar-refractivity contribution < 1.29 is 9.63 Å². The van der Waals surface area contributed by atoms with Gasteiger partial charge in [-0.2, -0.15) is 0 Å². The van der Waals surface area contributed by atoms with Gasteiger partial charge < -0.3 is 0 Å². The molecule has 0 saturated carbocycles. The second-order valence-corrected chi connectivity index (χ2v) is 7.93. The number of hydrogen-bond acceptors (Lipinski definition) is 2. The van der Waals surface area contributed by atoms with Crippen molar-refractivity contribution in [2.45, 2.75) is 54.4 Å². The highest BCUT2D eigenvalue weighted by molar-refractivity contribution is 5.87. The van der Waals surface area contributed by atoms with E-state index >= 15 is 0 Å². The van der Waals surface area contributed by atoms with E-state index in [0.29, 0.717) is 5.92 Å². The molecule has 1 rings (SSSR count). The maximum Gasteiger partial charge on any atom is 0.270 e. The summed E-state index contributed by atoms with van der Waals surface area (Å²) in [6.07, 6.45) is 14.5. The molecule has 1 amide bonds. The van der Waals surface area contributed by atoms with Crippen molar-refractivity contribution in [3.05, 3.63) is 58.7 Å². The molecule has 1 aliphatic carbocycles. The molecule has 0 aromatic heterocycles. The highest BCUT2D eigenvalue weighted by Gasteiger charge is 2.29. The summed E-state index contributed by atoms with van der Waals surface area (Å²) in [5.41, 5.74) is 5.30. The van der Waals surface area contributed by atoms with Crippen LogP contribution in [-0.2, 0) is 9.63 Å². The van der Waals surface area contributed by atoms with Crippen molar-refractivity contribution >= 4 is 5.91 Å². The van der Waals surface area contributed by atoms with Crippen LogP contribution in [0.5, 0.6) is 0 Å². The molecule has 1 aliphatic rings. The first-order valence-corrected chi connectivity index (χ1v) is 9.33. The fraction of sp³-hybridized carbons (Fsp3) is 0.522. The van der Waals surface area contributed by atoms with Crippen LogP contribution < -0.4 is 0 Å². The molecule has 0 aromatic carbocycles. The third-order valence-electron chi connectivity index (χ3n) is 5.26. The van der Waals surface area contributed by atoms with E-state index in [1.807, 2.05) is 19.1 Å². The van der Waals surface area contributed by atoms with Gasteiger partial charge in [0, 0.05) is 13.1 Å². The summed E-state index contributed by atoms with van der Waals surface area (Å²) in [7, 11) is 3.07. The summed E-state index contributed by atoms with van der Waals surface area (Å²) in [6.45, 7) is 13.3. The normalized spacial score (nSPS) is 21.8. The molecule has 0 saturated heterocycles. The van der Waals surface area contributed by atoms with E-state index in [-0.39, 0.29) is 11.3 Å². The zero-order valence-electron chi connectivity index (χ0n) is 17.7. The van der Waals surface area contributed by atoms with Gasteiger partial charge in [0.1, 0.15) is 0 Å². The zero-order valence-corrected chi connectivity index (χ0v) is 17.7. The van der Waals surface area contributed by atoms with Gasteiger partial charge in [-0.05, 0) is 56.1 Å². The fourth-order valence-corrected chi connectivity index (χ4v) is 3.13. The third kappa shape index (κ3) is 6.45. The maximum atomic E-state index is 11.7. The van der Waals surface area contributed by atoms with Gasteiger partial charge in [-0.15, -0.1) is 0 Å². The van der Waals surface area contributed by atoms with Crippen molar-refractivity contribution in [2.75, 3.05) is 14.2 Å². The summed E-state index contributed by atoms with van der Waals surface area (Å²) in [5, 5.41) is 1.20. The average Bonchev–Trinajstić information content (AvgIpc) is 2.57. The minimum absolute atomic E-state index is 0.175. The van der Waals surface area contributed by atoms with Gasteiger partial charge in [0.15, 0.2) is 0 Å². The predicted molar refractivity (Wildman–Crippen MR) is 110 cm³/mol. The standard InChI is InChI=1S/C23H35NO2/c1-17(10-9-11-18(2)16-22(25)24(7)26-8)12-13-21-20(4)19(3)14-15-23(21,5)6/h9-13,16,19H,14-15H2,1-8H3/b11-9+,13-12+,17-10+,18-16-. The minimum Gasteiger partial charge on any atom is -0.274 e. The van der Waals surface area contributed by atoms with Gasteiger partial charge in [0.05, 0.1) is 7.11 Å². The van der Waals surface area contributed by atoms with Crippen LogP contribution in [0.1, 0.15) is 54.4 Å². The van der Waals surface area contributed by atoms with E-state index in [0.717, 1.165) is 5.57 Å². The number of allylic oxidation sites excluding steroid dienone is 9. The number of carbonyl (C=O) groups excluding carboxylic acids is 1. The first-order valence-electron chi connectivity index (χ1n) is 9.33.